The molecule has 1 saturated heterocycles. The first kappa shape index (κ1) is 21.0. The molecule has 1 N–H and O–H groups in total. The molecule has 1 aromatic heterocycles. The minimum atomic E-state index is -1.02. The van der Waals surface area contributed by atoms with Crippen LogP contribution >= 0.6 is 0 Å². The third-order valence-corrected chi connectivity index (χ3v) is 5.43. The van der Waals surface area contributed by atoms with Crippen LogP contribution in [-0.2, 0) is 16.0 Å². The number of furan rings is 1. The number of aliphatic hydroxyl groups excluding tert-OH is 1. The topological polar surface area (TPSA) is 114 Å². The third kappa shape index (κ3) is 3.56. The summed E-state index contributed by atoms with van der Waals surface area (Å²) in [6.07, 6.45) is 0.812. The number of aliphatic hydroxyl groups is 1. The molecule has 4 rings (SSSR count). The number of aryl methyl sites for hydroxylation is 2. The summed E-state index contributed by atoms with van der Waals surface area (Å²) in [5.41, 5.74) is 1.16. The molecule has 1 aliphatic rings. The number of carbonyl (C=O) groups is 2. The number of ketones is 1. The molecule has 1 atom stereocenters. The Morgan fingerprint density at radius 1 is 1.12 bits per heavy atom. The maximum atomic E-state index is 13.1. The number of amides is 1. The predicted molar refractivity (Wildman–Crippen MR) is 117 cm³/mol. The lowest BCUT2D eigenvalue weighted by Crippen LogP contribution is -2.29. The molecule has 0 saturated carbocycles. The molecule has 0 aliphatic carbocycles. The van der Waals surface area contributed by atoms with Crippen molar-refractivity contribution in [2.45, 2.75) is 26.3 Å². The number of nitro groups is 1. The SMILES string of the molecule is CCc1ccc(N2C(=O)C(=O)/C(=C(\O)c3cccc([N+](=O)[O-])c3)C2c2ccc(C)o2)cc1. The molecular weight excluding hydrogens is 412 g/mol. The van der Waals surface area contributed by atoms with Crippen molar-refractivity contribution in [3.8, 4) is 0 Å². The van der Waals surface area contributed by atoms with Crippen LogP contribution in [0.5, 0.6) is 0 Å². The third-order valence-electron chi connectivity index (χ3n) is 5.43. The lowest BCUT2D eigenvalue weighted by molar-refractivity contribution is -0.384. The van der Waals surface area contributed by atoms with Crippen molar-refractivity contribution in [2.24, 2.45) is 0 Å². The fraction of sp³-hybridized carbons (Fsp3) is 0.167. The summed E-state index contributed by atoms with van der Waals surface area (Å²) in [4.78, 5) is 37.9. The van der Waals surface area contributed by atoms with E-state index in [2.05, 4.69) is 0 Å². The highest BCUT2D eigenvalue weighted by molar-refractivity contribution is 6.51. The lowest BCUT2D eigenvalue weighted by Gasteiger charge is -2.23. The van der Waals surface area contributed by atoms with Crippen LogP contribution < -0.4 is 4.90 Å². The molecule has 0 radical (unpaired) electrons. The van der Waals surface area contributed by atoms with Gasteiger partial charge >= 0.3 is 0 Å². The van der Waals surface area contributed by atoms with Crippen LogP contribution in [0.4, 0.5) is 11.4 Å². The summed E-state index contributed by atoms with van der Waals surface area (Å²) < 4.78 is 5.74. The zero-order chi connectivity index (χ0) is 23.0. The molecule has 1 amide bonds. The Morgan fingerprint density at radius 2 is 1.84 bits per heavy atom. The molecule has 1 aliphatic heterocycles. The second kappa shape index (κ2) is 8.14. The van der Waals surface area contributed by atoms with Gasteiger partial charge in [0.15, 0.2) is 0 Å². The number of anilines is 1. The van der Waals surface area contributed by atoms with E-state index in [1.807, 2.05) is 19.1 Å². The van der Waals surface area contributed by atoms with Crippen molar-refractivity contribution in [3.05, 3.63) is 99.0 Å². The summed E-state index contributed by atoms with van der Waals surface area (Å²) in [7, 11) is 0. The van der Waals surface area contributed by atoms with Crippen molar-refractivity contribution >= 4 is 28.8 Å². The largest absolute Gasteiger partial charge is 0.507 e. The van der Waals surface area contributed by atoms with Crippen molar-refractivity contribution in [2.75, 3.05) is 4.90 Å². The van der Waals surface area contributed by atoms with Crippen LogP contribution in [0.15, 0.2) is 70.7 Å². The lowest BCUT2D eigenvalue weighted by atomic mass is 9.99. The van der Waals surface area contributed by atoms with Crippen molar-refractivity contribution in [1.82, 2.24) is 0 Å². The van der Waals surface area contributed by atoms with E-state index in [1.165, 1.54) is 23.1 Å². The Kier molecular flexibility index (Phi) is 5.36. The van der Waals surface area contributed by atoms with Gasteiger partial charge in [-0.15, -0.1) is 0 Å². The Morgan fingerprint density at radius 3 is 2.44 bits per heavy atom. The molecule has 1 unspecified atom stereocenters. The van der Waals surface area contributed by atoms with Crippen LogP contribution in [0, 0.1) is 17.0 Å². The van der Waals surface area contributed by atoms with Crippen LogP contribution in [0.1, 0.15) is 35.6 Å². The Balaban J connectivity index is 1.91. The molecule has 8 nitrogen and oxygen atoms in total. The standard InChI is InChI=1S/C24H20N2O6/c1-3-15-8-10-17(11-9-15)25-21(19-12-7-14(2)32-19)20(23(28)24(25)29)22(27)16-5-4-6-18(13-16)26(30)31/h4-13,21,27H,3H2,1-2H3/b22-20-. The quantitative estimate of drug-likeness (QED) is 0.206. The normalized spacial score (nSPS) is 17.7. The van der Waals surface area contributed by atoms with E-state index in [1.54, 1.807) is 31.2 Å². The van der Waals surface area contributed by atoms with E-state index < -0.39 is 28.4 Å². The Bertz CT molecular complexity index is 1260. The highest BCUT2D eigenvalue weighted by Crippen LogP contribution is 2.42. The highest BCUT2D eigenvalue weighted by Gasteiger charge is 2.48. The summed E-state index contributed by atoms with van der Waals surface area (Å²) in [5, 5.41) is 22.2. The van der Waals surface area contributed by atoms with Gasteiger partial charge in [-0.2, -0.15) is 0 Å². The molecule has 2 aromatic carbocycles. The number of Topliss-reactive ketones (excluding diaryl/α,β-unsaturated/α-hetero) is 1. The molecule has 1 fully saturated rings. The van der Waals surface area contributed by atoms with E-state index in [0.29, 0.717) is 17.2 Å². The molecular formula is C24H20N2O6. The van der Waals surface area contributed by atoms with Crippen molar-refractivity contribution in [3.63, 3.8) is 0 Å². The van der Waals surface area contributed by atoms with Gasteiger partial charge in [-0.3, -0.25) is 24.6 Å². The zero-order valence-electron chi connectivity index (χ0n) is 17.4. The van der Waals surface area contributed by atoms with Crippen molar-refractivity contribution < 1.29 is 24.0 Å². The van der Waals surface area contributed by atoms with Gasteiger partial charge in [-0.25, -0.2) is 0 Å². The summed E-state index contributed by atoms with van der Waals surface area (Å²) in [6.45, 7) is 3.73. The Hall–Kier alpha value is -4.20. The second-order valence-electron chi connectivity index (χ2n) is 7.44. The van der Waals surface area contributed by atoms with Gasteiger partial charge in [0.2, 0.25) is 0 Å². The first-order valence-electron chi connectivity index (χ1n) is 10.0. The fourth-order valence-corrected chi connectivity index (χ4v) is 3.78. The molecule has 32 heavy (non-hydrogen) atoms. The minimum absolute atomic E-state index is 0.0619. The minimum Gasteiger partial charge on any atom is -0.507 e. The Labute approximate surface area is 183 Å². The molecule has 162 valence electrons. The zero-order valence-corrected chi connectivity index (χ0v) is 17.4. The summed E-state index contributed by atoms with van der Waals surface area (Å²) in [5.74, 6) is -1.35. The fourth-order valence-electron chi connectivity index (χ4n) is 3.78. The highest BCUT2D eigenvalue weighted by atomic mass is 16.6. The average molecular weight is 432 g/mol. The van der Waals surface area contributed by atoms with Gasteiger partial charge in [-0.05, 0) is 43.2 Å². The van der Waals surface area contributed by atoms with Gasteiger partial charge in [0, 0.05) is 23.4 Å². The van der Waals surface area contributed by atoms with Gasteiger partial charge in [-0.1, -0.05) is 31.2 Å². The van der Waals surface area contributed by atoms with E-state index in [4.69, 9.17) is 4.42 Å². The number of benzene rings is 2. The van der Waals surface area contributed by atoms with E-state index in [-0.39, 0.29) is 16.8 Å². The van der Waals surface area contributed by atoms with Gasteiger partial charge in [0.05, 0.1) is 10.5 Å². The van der Waals surface area contributed by atoms with Gasteiger partial charge in [0.1, 0.15) is 23.3 Å². The van der Waals surface area contributed by atoms with Crippen LogP contribution in [0.25, 0.3) is 5.76 Å². The smallest absolute Gasteiger partial charge is 0.300 e. The monoisotopic (exact) mass is 432 g/mol. The first-order chi connectivity index (χ1) is 15.3. The molecule has 3 aromatic rings. The number of hydrogen-bond acceptors (Lipinski definition) is 6. The van der Waals surface area contributed by atoms with E-state index in [9.17, 15) is 24.8 Å². The van der Waals surface area contributed by atoms with Crippen LogP contribution in [-0.4, -0.2) is 21.7 Å². The molecule has 2 heterocycles. The number of hydrogen-bond donors (Lipinski definition) is 1. The number of nitrogens with zero attached hydrogens (tertiary/aromatic N) is 2. The van der Waals surface area contributed by atoms with Gasteiger partial charge < -0.3 is 9.52 Å². The van der Waals surface area contributed by atoms with Crippen LogP contribution in [0.3, 0.4) is 0 Å². The number of non-ortho nitro benzene ring substituents is 1. The summed E-state index contributed by atoms with van der Waals surface area (Å²) >= 11 is 0. The number of carbonyl (C=O) groups excluding carboxylic acids is 2. The van der Waals surface area contributed by atoms with Gasteiger partial charge in [0.25, 0.3) is 17.4 Å². The van der Waals surface area contributed by atoms with E-state index >= 15 is 0 Å². The van der Waals surface area contributed by atoms with E-state index in [0.717, 1.165) is 18.1 Å². The molecule has 0 spiro atoms. The second-order valence-corrected chi connectivity index (χ2v) is 7.44. The first-order valence-corrected chi connectivity index (χ1v) is 10.0. The average Bonchev–Trinajstić information content (AvgIpc) is 3.34. The van der Waals surface area contributed by atoms with Crippen molar-refractivity contribution in [1.29, 1.82) is 0 Å². The number of rotatable bonds is 5. The predicted octanol–water partition coefficient (Wildman–Crippen LogP) is 4.68. The molecule has 8 heteroatoms. The van der Waals surface area contributed by atoms with Crippen LogP contribution in [0.2, 0.25) is 0 Å². The maximum Gasteiger partial charge on any atom is 0.300 e. The number of nitro benzene ring substituents is 1. The summed E-state index contributed by atoms with van der Waals surface area (Å²) in [6, 6.07) is 14.8. The molecule has 0 bridgehead atoms. The maximum absolute atomic E-state index is 13.1.